The van der Waals surface area contributed by atoms with E-state index in [1.807, 2.05) is 24.3 Å². The number of nitrogens with zero attached hydrogens (tertiary/aromatic N) is 1. The van der Waals surface area contributed by atoms with Gasteiger partial charge in [-0.15, -0.1) is 0 Å². The maximum Gasteiger partial charge on any atom is 0.259 e. The summed E-state index contributed by atoms with van der Waals surface area (Å²) in [4.78, 5) is 11.7. The highest BCUT2D eigenvalue weighted by molar-refractivity contribution is 6.42. The van der Waals surface area contributed by atoms with Crippen molar-refractivity contribution in [1.29, 1.82) is 0 Å². The van der Waals surface area contributed by atoms with Crippen LogP contribution in [-0.2, 0) is 4.79 Å². The van der Waals surface area contributed by atoms with Crippen molar-refractivity contribution in [3.8, 4) is 5.75 Å². The molecular weight excluding hydrogens is 337 g/mol. The van der Waals surface area contributed by atoms with Crippen molar-refractivity contribution >= 4 is 41.0 Å². The number of nitrogens with one attached hydrogen (secondary N) is 2. The maximum atomic E-state index is 11.7. The Balaban J connectivity index is 1.79. The van der Waals surface area contributed by atoms with Gasteiger partial charge in [0.05, 0.1) is 29.9 Å². The van der Waals surface area contributed by atoms with E-state index < -0.39 is 0 Å². The molecule has 0 bridgehead atoms. The lowest BCUT2D eigenvalue weighted by Gasteiger charge is -2.06. The molecule has 0 unspecified atom stereocenters. The van der Waals surface area contributed by atoms with Crippen LogP contribution in [0.4, 0.5) is 5.69 Å². The Bertz CT molecular complexity index is 703. The zero-order valence-corrected chi connectivity index (χ0v) is 13.9. The van der Waals surface area contributed by atoms with Gasteiger partial charge in [-0.3, -0.25) is 4.79 Å². The van der Waals surface area contributed by atoms with Crippen molar-refractivity contribution in [3.05, 3.63) is 58.1 Å². The molecule has 5 nitrogen and oxygen atoms in total. The molecule has 2 aromatic rings. The lowest BCUT2D eigenvalue weighted by molar-refractivity contribution is -0.119. The second-order valence-electron chi connectivity index (χ2n) is 4.55. The molecule has 0 aliphatic rings. The number of carbonyl (C=O) groups is 1. The molecule has 23 heavy (non-hydrogen) atoms. The number of halogens is 2. The first-order valence-corrected chi connectivity index (χ1v) is 7.49. The summed E-state index contributed by atoms with van der Waals surface area (Å²) in [6.45, 7) is 0.0674. The minimum Gasteiger partial charge on any atom is -0.497 e. The highest BCUT2D eigenvalue weighted by Gasteiger charge is 2.02. The van der Waals surface area contributed by atoms with Gasteiger partial charge < -0.3 is 10.1 Å². The first-order chi connectivity index (χ1) is 11.1. The van der Waals surface area contributed by atoms with Gasteiger partial charge in [0.25, 0.3) is 5.91 Å². The van der Waals surface area contributed by atoms with Crippen molar-refractivity contribution in [2.24, 2.45) is 5.10 Å². The van der Waals surface area contributed by atoms with Gasteiger partial charge in [0, 0.05) is 5.69 Å². The average Bonchev–Trinajstić information content (AvgIpc) is 2.56. The molecule has 2 aromatic carbocycles. The molecule has 1 amide bonds. The number of carbonyl (C=O) groups excluding carboxylic acids is 1. The number of rotatable bonds is 6. The number of amides is 1. The number of anilines is 1. The summed E-state index contributed by atoms with van der Waals surface area (Å²) in [5, 5.41) is 7.71. The number of hydrazone groups is 1. The largest absolute Gasteiger partial charge is 0.497 e. The smallest absolute Gasteiger partial charge is 0.259 e. The van der Waals surface area contributed by atoms with Crippen molar-refractivity contribution in [2.45, 2.75) is 0 Å². The quantitative estimate of drug-likeness (QED) is 0.617. The lowest BCUT2D eigenvalue weighted by Crippen LogP contribution is -2.25. The normalized spacial score (nSPS) is 10.6. The van der Waals surface area contributed by atoms with Crippen LogP contribution in [0.1, 0.15) is 5.56 Å². The number of hydrogen-bond donors (Lipinski definition) is 2. The van der Waals surface area contributed by atoms with E-state index >= 15 is 0 Å². The lowest BCUT2D eigenvalue weighted by atomic mass is 10.2. The van der Waals surface area contributed by atoms with Crippen LogP contribution in [0.3, 0.4) is 0 Å². The fraction of sp³-hybridized carbons (Fsp3) is 0.125. The molecule has 0 atom stereocenters. The average molecular weight is 352 g/mol. The Morgan fingerprint density at radius 1 is 1.17 bits per heavy atom. The van der Waals surface area contributed by atoms with E-state index in [1.165, 1.54) is 0 Å². The van der Waals surface area contributed by atoms with Crippen molar-refractivity contribution in [2.75, 3.05) is 19.0 Å². The highest BCUT2D eigenvalue weighted by Crippen LogP contribution is 2.24. The van der Waals surface area contributed by atoms with E-state index in [2.05, 4.69) is 15.8 Å². The van der Waals surface area contributed by atoms with Crippen LogP contribution >= 0.6 is 23.2 Å². The van der Waals surface area contributed by atoms with Gasteiger partial charge in [-0.05, 0) is 48.0 Å². The van der Waals surface area contributed by atoms with Gasteiger partial charge in [-0.1, -0.05) is 23.2 Å². The van der Waals surface area contributed by atoms with Crippen LogP contribution in [0, 0.1) is 0 Å². The monoisotopic (exact) mass is 351 g/mol. The summed E-state index contributed by atoms with van der Waals surface area (Å²) in [6.07, 6.45) is 1.55. The predicted octanol–water partition coefficient (Wildman–Crippen LogP) is 3.56. The van der Waals surface area contributed by atoms with Gasteiger partial charge in [0.15, 0.2) is 0 Å². The summed E-state index contributed by atoms with van der Waals surface area (Å²) in [6, 6.07) is 12.3. The molecule has 0 spiro atoms. The molecule has 0 radical (unpaired) electrons. The first kappa shape index (κ1) is 17.1. The zero-order valence-electron chi connectivity index (χ0n) is 12.3. The molecule has 0 heterocycles. The first-order valence-electron chi connectivity index (χ1n) is 6.73. The molecule has 2 N–H and O–H groups in total. The van der Waals surface area contributed by atoms with Crippen molar-refractivity contribution in [1.82, 2.24) is 5.43 Å². The third-order valence-corrected chi connectivity index (χ3v) is 3.63. The second-order valence-corrected chi connectivity index (χ2v) is 5.36. The second kappa shape index (κ2) is 8.41. The van der Waals surface area contributed by atoms with E-state index in [0.29, 0.717) is 15.7 Å². The van der Waals surface area contributed by atoms with Crippen LogP contribution in [0.25, 0.3) is 0 Å². The van der Waals surface area contributed by atoms with E-state index in [-0.39, 0.29) is 12.5 Å². The Hall–Kier alpha value is -2.24. The fourth-order valence-electron chi connectivity index (χ4n) is 1.70. The van der Waals surface area contributed by atoms with Gasteiger partial charge >= 0.3 is 0 Å². The summed E-state index contributed by atoms with van der Waals surface area (Å²) in [7, 11) is 1.60. The van der Waals surface area contributed by atoms with Crippen LogP contribution < -0.4 is 15.5 Å². The topological polar surface area (TPSA) is 62.7 Å². The summed E-state index contributed by atoms with van der Waals surface area (Å²) < 4.78 is 5.06. The summed E-state index contributed by atoms with van der Waals surface area (Å²) >= 11 is 11.7. The fourth-order valence-corrected chi connectivity index (χ4v) is 1.99. The van der Waals surface area contributed by atoms with Gasteiger partial charge in [0.2, 0.25) is 0 Å². The van der Waals surface area contributed by atoms with Crippen LogP contribution in [0.2, 0.25) is 10.0 Å². The number of methoxy groups -OCH3 is 1. The van der Waals surface area contributed by atoms with Crippen LogP contribution in [0.5, 0.6) is 5.75 Å². The summed E-state index contributed by atoms with van der Waals surface area (Å²) in [5.41, 5.74) is 3.99. The van der Waals surface area contributed by atoms with Crippen LogP contribution in [0.15, 0.2) is 47.6 Å². The Labute approximate surface area is 144 Å². The summed E-state index contributed by atoms with van der Waals surface area (Å²) in [5.74, 6) is 0.484. The third kappa shape index (κ3) is 5.47. The maximum absolute atomic E-state index is 11.7. The predicted molar refractivity (Wildman–Crippen MR) is 93.7 cm³/mol. The standard InChI is InChI=1S/C16H15Cl2N3O2/c1-23-13-5-2-11(3-6-13)9-20-21-16(22)10-19-12-4-7-14(17)15(18)8-12/h2-9,19H,10H2,1H3,(H,21,22). The van der Waals surface area contributed by atoms with Crippen molar-refractivity contribution in [3.63, 3.8) is 0 Å². The minimum absolute atomic E-state index is 0.0674. The van der Waals surface area contributed by atoms with Gasteiger partial charge in [0.1, 0.15) is 5.75 Å². The van der Waals surface area contributed by atoms with Crippen molar-refractivity contribution < 1.29 is 9.53 Å². The zero-order chi connectivity index (χ0) is 16.7. The van der Waals surface area contributed by atoms with E-state index in [9.17, 15) is 4.79 Å². The third-order valence-electron chi connectivity index (χ3n) is 2.89. The van der Waals surface area contributed by atoms with Gasteiger partial charge in [-0.2, -0.15) is 5.10 Å². The Kier molecular flexibility index (Phi) is 6.26. The molecule has 0 aliphatic carbocycles. The molecular formula is C16H15Cl2N3O2. The molecule has 0 fully saturated rings. The molecule has 0 aromatic heterocycles. The molecule has 0 aliphatic heterocycles. The molecule has 2 rings (SSSR count). The van der Waals surface area contributed by atoms with Gasteiger partial charge in [-0.25, -0.2) is 5.43 Å². The van der Waals surface area contributed by atoms with Crippen LogP contribution in [-0.4, -0.2) is 25.8 Å². The number of hydrogen-bond acceptors (Lipinski definition) is 4. The van der Waals surface area contributed by atoms with E-state index in [4.69, 9.17) is 27.9 Å². The highest BCUT2D eigenvalue weighted by atomic mass is 35.5. The Morgan fingerprint density at radius 2 is 1.91 bits per heavy atom. The van der Waals surface area contributed by atoms with E-state index in [0.717, 1.165) is 11.3 Å². The minimum atomic E-state index is -0.277. The molecule has 0 saturated carbocycles. The Morgan fingerprint density at radius 3 is 2.57 bits per heavy atom. The number of ether oxygens (including phenoxy) is 1. The molecule has 7 heteroatoms. The molecule has 0 saturated heterocycles. The number of benzene rings is 2. The van der Waals surface area contributed by atoms with E-state index in [1.54, 1.807) is 31.5 Å². The SMILES string of the molecule is COc1ccc(C=NNC(=O)CNc2ccc(Cl)c(Cl)c2)cc1. The molecule has 120 valence electrons.